The fourth-order valence-corrected chi connectivity index (χ4v) is 3.00. The fraction of sp³-hybridized carbons (Fsp3) is 0.300. The van der Waals surface area contributed by atoms with Gasteiger partial charge in [0.25, 0.3) is 0 Å². The predicted molar refractivity (Wildman–Crippen MR) is 99.1 cm³/mol. The minimum atomic E-state index is 0.107. The van der Waals surface area contributed by atoms with Gasteiger partial charge in [0, 0.05) is 40.8 Å². The second kappa shape index (κ2) is 6.38. The number of nitrogens with zero attached hydrogens (tertiary/aromatic N) is 1. The predicted octanol–water partition coefficient (Wildman–Crippen LogP) is 5.23. The van der Waals surface area contributed by atoms with Crippen molar-refractivity contribution in [1.29, 1.82) is 0 Å². The van der Waals surface area contributed by atoms with Crippen molar-refractivity contribution in [2.24, 2.45) is 0 Å². The highest BCUT2D eigenvalue weighted by Gasteiger charge is 2.12. The summed E-state index contributed by atoms with van der Waals surface area (Å²) in [6.07, 6.45) is 2.25. The minimum absolute atomic E-state index is 0.107. The number of para-hydroxylation sites is 1. The Labute approximate surface area is 143 Å². The van der Waals surface area contributed by atoms with Gasteiger partial charge in [0.15, 0.2) is 0 Å². The van der Waals surface area contributed by atoms with Gasteiger partial charge in [0.05, 0.1) is 0 Å². The first-order valence-electron chi connectivity index (χ1n) is 7.99. The number of nitrogens with one attached hydrogen (secondary N) is 1. The van der Waals surface area contributed by atoms with Crippen molar-refractivity contribution in [3.8, 4) is 0 Å². The number of benzene rings is 2. The molecule has 0 amide bonds. The number of halogens is 1. The molecule has 1 aromatic heterocycles. The Morgan fingerprint density at radius 3 is 2.57 bits per heavy atom. The number of fused-ring (bicyclic) bond motifs is 1. The van der Waals surface area contributed by atoms with Crippen LogP contribution in [-0.4, -0.2) is 10.1 Å². The van der Waals surface area contributed by atoms with E-state index < -0.39 is 0 Å². The molecule has 0 saturated heterocycles. The van der Waals surface area contributed by atoms with Crippen LogP contribution in [0.1, 0.15) is 31.9 Å². The van der Waals surface area contributed by atoms with Gasteiger partial charge in [-0.25, -0.2) is 0 Å². The second-order valence-corrected chi connectivity index (χ2v) is 7.47. The zero-order chi connectivity index (χ0) is 16.4. The maximum absolute atomic E-state index is 6.12. The summed E-state index contributed by atoms with van der Waals surface area (Å²) in [6.45, 7) is 8.28. The standard InChI is InChI=1S/C20H23ClN2/c1-20(2,3)22-12-16-14-23(19-10-5-4-9-18(16)19)13-15-7-6-8-17(21)11-15/h4-11,14,22H,12-13H2,1-3H3. The number of hydrogen-bond acceptors (Lipinski definition) is 1. The molecule has 0 fully saturated rings. The quantitative estimate of drug-likeness (QED) is 0.694. The average molecular weight is 327 g/mol. The largest absolute Gasteiger partial charge is 0.343 e. The van der Waals surface area contributed by atoms with E-state index in [9.17, 15) is 0 Å². The van der Waals surface area contributed by atoms with Gasteiger partial charge < -0.3 is 9.88 Å². The first-order chi connectivity index (χ1) is 10.9. The Balaban J connectivity index is 1.94. The van der Waals surface area contributed by atoms with Crippen molar-refractivity contribution in [3.63, 3.8) is 0 Å². The van der Waals surface area contributed by atoms with Crippen LogP contribution in [0, 0.1) is 0 Å². The highest BCUT2D eigenvalue weighted by Crippen LogP contribution is 2.23. The molecule has 0 radical (unpaired) electrons. The van der Waals surface area contributed by atoms with E-state index in [0.29, 0.717) is 0 Å². The Hall–Kier alpha value is -1.77. The first kappa shape index (κ1) is 16.1. The topological polar surface area (TPSA) is 17.0 Å². The maximum atomic E-state index is 6.12. The number of rotatable bonds is 4. The molecule has 0 aliphatic rings. The molecule has 3 heteroatoms. The third kappa shape index (κ3) is 3.95. The molecule has 0 spiro atoms. The molecule has 0 bridgehead atoms. The summed E-state index contributed by atoms with van der Waals surface area (Å²) in [6, 6.07) is 16.6. The average Bonchev–Trinajstić information content (AvgIpc) is 2.83. The molecule has 23 heavy (non-hydrogen) atoms. The summed E-state index contributed by atoms with van der Waals surface area (Å²) in [4.78, 5) is 0. The van der Waals surface area contributed by atoms with E-state index in [1.54, 1.807) is 0 Å². The Morgan fingerprint density at radius 1 is 1.04 bits per heavy atom. The summed E-state index contributed by atoms with van der Waals surface area (Å²) in [5.74, 6) is 0. The van der Waals surface area contributed by atoms with Gasteiger partial charge in [-0.1, -0.05) is 41.9 Å². The van der Waals surface area contributed by atoms with E-state index in [4.69, 9.17) is 11.6 Å². The molecule has 0 aliphatic carbocycles. The maximum Gasteiger partial charge on any atom is 0.0486 e. The van der Waals surface area contributed by atoms with E-state index in [1.807, 2.05) is 18.2 Å². The molecule has 1 N–H and O–H groups in total. The zero-order valence-electron chi connectivity index (χ0n) is 13.9. The van der Waals surface area contributed by atoms with Crippen LogP contribution in [0.3, 0.4) is 0 Å². The summed E-state index contributed by atoms with van der Waals surface area (Å²) in [7, 11) is 0. The Kier molecular flexibility index (Phi) is 4.47. The minimum Gasteiger partial charge on any atom is -0.343 e. The summed E-state index contributed by atoms with van der Waals surface area (Å²) in [5, 5.41) is 5.68. The van der Waals surface area contributed by atoms with Crippen LogP contribution in [0.2, 0.25) is 5.02 Å². The molecule has 2 nitrogen and oxygen atoms in total. The summed E-state index contributed by atoms with van der Waals surface area (Å²) >= 11 is 6.12. The highest BCUT2D eigenvalue weighted by molar-refractivity contribution is 6.30. The summed E-state index contributed by atoms with van der Waals surface area (Å²) < 4.78 is 2.31. The lowest BCUT2D eigenvalue weighted by Gasteiger charge is -2.20. The SMILES string of the molecule is CC(C)(C)NCc1cn(Cc2cccc(Cl)c2)c2ccccc12. The van der Waals surface area contributed by atoms with Crippen molar-refractivity contribution in [1.82, 2.24) is 9.88 Å². The van der Waals surface area contributed by atoms with Crippen LogP contribution in [0.5, 0.6) is 0 Å². The fourth-order valence-electron chi connectivity index (χ4n) is 2.79. The van der Waals surface area contributed by atoms with E-state index in [0.717, 1.165) is 18.1 Å². The Bertz CT molecular complexity index is 812. The van der Waals surface area contributed by atoms with Crippen molar-refractivity contribution in [3.05, 3.63) is 70.9 Å². The molecule has 0 unspecified atom stereocenters. The number of hydrogen-bond donors (Lipinski definition) is 1. The van der Waals surface area contributed by atoms with Crippen molar-refractivity contribution in [2.45, 2.75) is 39.4 Å². The first-order valence-corrected chi connectivity index (χ1v) is 8.36. The molecule has 120 valence electrons. The number of aromatic nitrogens is 1. The molecular weight excluding hydrogens is 304 g/mol. The van der Waals surface area contributed by atoms with Crippen LogP contribution in [0.4, 0.5) is 0 Å². The zero-order valence-corrected chi connectivity index (χ0v) is 14.7. The molecule has 0 aliphatic heterocycles. The van der Waals surface area contributed by atoms with E-state index in [-0.39, 0.29) is 5.54 Å². The van der Waals surface area contributed by atoms with E-state index in [1.165, 1.54) is 22.0 Å². The lowest BCUT2D eigenvalue weighted by atomic mass is 10.1. The van der Waals surface area contributed by atoms with Gasteiger partial charge in [-0.15, -0.1) is 0 Å². The molecule has 0 saturated carbocycles. The van der Waals surface area contributed by atoms with Crippen LogP contribution < -0.4 is 5.32 Å². The van der Waals surface area contributed by atoms with Crippen LogP contribution >= 0.6 is 11.6 Å². The van der Waals surface area contributed by atoms with Gasteiger partial charge >= 0.3 is 0 Å². The van der Waals surface area contributed by atoms with Gasteiger partial charge in [-0.05, 0) is 50.1 Å². The second-order valence-electron chi connectivity index (χ2n) is 7.03. The Morgan fingerprint density at radius 2 is 1.83 bits per heavy atom. The van der Waals surface area contributed by atoms with Gasteiger partial charge in [0.1, 0.15) is 0 Å². The third-order valence-electron chi connectivity index (χ3n) is 3.92. The molecular formula is C20H23ClN2. The monoisotopic (exact) mass is 326 g/mol. The molecule has 2 aromatic carbocycles. The van der Waals surface area contributed by atoms with Crippen LogP contribution in [0.15, 0.2) is 54.7 Å². The van der Waals surface area contributed by atoms with Crippen LogP contribution in [-0.2, 0) is 13.1 Å². The van der Waals surface area contributed by atoms with Crippen molar-refractivity contribution in [2.75, 3.05) is 0 Å². The lowest BCUT2D eigenvalue weighted by Crippen LogP contribution is -2.34. The summed E-state index contributed by atoms with van der Waals surface area (Å²) in [5.41, 5.74) is 3.92. The van der Waals surface area contributed by atoms with Crippen LogP contribution in [0.25, 0.3) is 10.9 Å². The highest BCUT2D eigenvalue weighted by atomic mass is 35.5. The lowest BCUT2D eigenvalue weighted by molar-refractivity contribution is 0.425. The van der Waals surface area contributed by atoms with Gasteiger partial charge in [-0.3, -0.25) is 0 Å². The normalized spacial score (nSPS) is 12.0. The molecule has 3 aromatic rings. The third-order valence-corrected chi connectivity index (χ3v) is 4.16. The smallest absolute Gasteiger partial charge is 0.0486 e. The molecule has 1 heterocycles. The van der Waals surface area contributed by atoms with Crippen molar-refractivity contribution >= 4 is 22.5 Å². The van der Waals surface area contributed by atoms with E-state index in [2.05, 4.69) is 67.2 Å². The molecule has 0 atom stereocenters. The van der Waals surface area contributed by atoms with Gasteiger partial charge in [0.2, 0.25) is 0 Å². The van der Waals surface area contributed by atoms with E-state index >= 15 is 0 Å². The van der Waals surface area contributed by atoms with Crippen molar-refractivity contribution < 1.29 is 0 Å². The van der Waals surface area contributed by atoms with Gasteiger partial charge in [-0.2, -0.15) is 0 Å². The molecule has 3 rings (SSSR count).